The van der Waals surface area contributed by atoms with Gasteiger partial charge in [-0.05, 0) is 37.1 Å². The third-order valence-electron chi connectivity index (χ3n) is 3.84. The molecule has 5 heteroatoms. The van der Waals surface area contributed by atoms with E-state index < -0.39 is 10.0 Å². The van der Waals surface area contributed by atoms with Crippen LogP contribution in [0.25, 0.3) is 0 Å². The van der Waals surface area contributed by atoms with Crippen molar-refractivity contribution in [3.8, 4) is 0 Å². The molecule has 0 atom stereocenters. The summed E-state index contributed by atoms with van der Waals surface area (Å²) in [5, 5.41) is 0. The lowest BCUT2D eigenvalue weighted by atomic mass is 10.0. The second-order valence-corrected chi connectivity index (χ2v) is 7.22. The molecule has 0 aromatic heterocycles. The van der Waals surface area contributed by atoms with E-state index in [1.807, 2.05) is 13.0 Å². The van der Waals surface area contributed by atoms with Crippen molar-refractivity contribution in [1.29, 1.82) is 0 Å². The van der Waals surface area contributed by atoms with Gasteiger partial charge in [-0.1, -0.05) is 29.8 Å². The third-order valence-corrected chi connectivity index (χ3v) is 5.70. The first-order chi connectivity index (χ1) is 9.98. The maximum Gasteiger partial charge on any atom is 0.243 e. The van der Waals surface area contributed by atoms with Gasteiger partial charge in [0.2, 0.25) is 10.0 Å². The van der Waals surface area contributed by atoms with E-state index in [0.717, 1.165) is 11.1 Å². The normalized spacial score (nSPS) is 15.7. The van der Waals surface area contributed by atoms with Gasteiger partial charge in [0, 0.05) is 18.7 Å². The molecule has 0 unspecified atom stereocenters. The summed E-state index contributed by atoms with van der Waals surface area (Å²) in [6.07, 6.45) is 0.540. The van der Waals surface area contributed by atoms with Gasteiger partial charge >= 0.3 is 0 Å². The van der Waals surface area contributed by atoms with Gasteiger partial charge in [0.05, 0.1) is 4.90 Å². The molecule has 0 bridgehead atoms. The first kappa shape index (κ1) is 14.2. The van der Waals surface area contributed by atoms with Gasteiger partial charge in [-0.25, -0.2) is 12.8 Å². The highest BCUT2D eigenvalue weighted by atomic mass is 32.2. The Hall–Kier alpha value is -1.72. The van der Waals surface area contributed by atoms with E-state index >= 15 is 0 Å². The number of halogens is 1. The fraction of sp³-hybridized carbons (Fsp3) is 0.250. The predicted molar refractivity (Wildman–Crippen MR) is 78.9 cm³/mol. The number of benzene rings is 2. The van der Waals surface area contributed by atoms with Gasteiger partial charge in [0.1, 0.15) is 5.82 Å². The molecule has 0 saturated heterocycles. The highest BCUT2D eigenvalue weighted by Gasteiger charge is 2.29. The zero-order valence-corrected chi connectivity index (χ0v) is 12.5. The summed E-state index contributed by atoms with van der Waals surface area (Å²) in [5.41, 5.74) is 2.38. The minimum Gasteiger partial charge on any atom is -0.207 e. The Morgan fingerprint density at radius 2 is 1.81 bits per heavy atom. The van der Waals surface area contributed by atoms with E-state index in [1.54, 1.807) is 30.3 Å². The zero-order valence-electron chi connectivity index (χ0n) is 11.7. The quantitative estimate of drug-likeness (QED) is 0.855. The van der Waals surface area contributed by atoms with E-state index in [-0.39, 0.29) is 17.3 Å². The SMILES string of the molecule is Cc1ccc(S(=O)(=O)N2CCc3cccc(F)c3C2)cc1. The fourth-order valence-corrected chi connectivity index (χ4v) is 3.99. The van der Waals surface area contributed by atoms with Gasteiger partial charge in [0.15, 0.2) is 0 Å². The Bertz CT molecular complexity index is 769. The molecule has 0 radical (unpaired) electrons. The Labute approximate surface area is 124 Å². The second-order valence-electron chi connectivity index (χ2n) is 5.28. The monoisotopic (exact) mass is 305 g/mol. The number of sulfonamides is 1. The molecule has 3 rings (SSSR count). The van der Waals surface area contributed by atoms with E-state index in [1.165, 1.54) is 10.4 Å². The molecular formula is C16H16FNO2S. The van der Waals surface area contributed by atoms with Crippen molar-refractivity contribution in [2.45, 2.75) is 24.8 Å². The number of nitrogens with zero attached hydrogens (tertiary/aromatic N) is 1. The Kier molecular flexibility index (Phi) is 3.55. The van der Waals surface area contributed by atoms with Crippen LogP contribution in [0.5, 0.6) is 0 Å². The summed E-state index contributed by atoms with van der Waals surface area (Å²) >= 11 is 0. The van der Waals surface area contributed by atoms with Crippen LogP contribution in [0.2, 0.25) is 0 Å². The smallest absolute Gasteiger partial charge is 0.207 e. The molecule has 2 aromatic carbocycles. The lowest BCUT2D eigenvalue weighted by Gasteiger charge is -2.28. The molecule has 0 fully saturated rings. The van der Waals surface area contributed by atoms with E-state index in [0.29, 0.717) is 18.5 Å². The number of rotatable bonds is 2. The minimum atomic E-state index is -3.57. The van der Waals surface area contributed by atoms with Crippen LogP contribution < -0.4 is 0 Å². The van der Waals surface area contributed by atoms with Crippen LogP contribution in [0.4, 0.5) is 4.39 Å². The molecule has 21 heavy (non-hydrogen) atoms. The number of hydrogen-bond acceptors (Lipinski definition) is 2. The van der Waals surface area contributed by atoms with Crippen molar-refractivity contribution in [2.75, 3.05) is 6.54 Å². The van der Waals surface area contributed by atoms with Crippen LogP contribution in [0.15, 0.2) is 47.4 Å². The van der Waals surface area contributed by atoms with Crippen LogP contribution >= 0.6 is 0 Å². The van der Waals surface area contributed by atoms with Gasteiger partial charge in [-0.2, -0.15) is 4.31 Å². The van der Waals surface area contributed by atoms with Crippen molar-refractivity contribution in [2.24, 2.45) is 0 Å². The molecule has 110 valence electrons. The van der Waals surface area contributed by atoms with Crippen molar-refractivity contribution < 1.29 is 12.8 Å². The molecule has 1 heterocycles. The molecule has 0 amide bonds. The lowest BCUT2D eigenvalue weighted by Crippen LogP contribution is -2.36. The van der Waals surface area contributed by atoms with Crippen molar-refractivity contribution in [3.05, 3.63) is 65.0 Å². The molecular weight excluding hydrogens is 289 g/mol. The Morgan fingerprint density at radius 1 is 1.10 bits per heavy atom. The molecule has 2 aromatic rings. The maximum absolute atomic E-state index is 13.9. The van der Waals surface area contributed by atoms with E-state index in [9.17, 15) is 12.8 Å². The van der Waals surface area contributed by atoms with Crippen molar-refractivity contribution in [1.82, 2.24) is 4.31 Å². The fourth-order valence-electron chi connectivity index (χ4n) is 2.58. The number of aryl methyl sites for hydroxylation is 1. The van der Waals surface area contributed by atoms with E-state index in [4.69, 9.17) is 0 Å². The largest absolute Gasteiger partial charge is 0.243 e. The van der Waals surface area contributed by atoms with Crippen LogP contribution in [-0.4, -0.2) is 19.3 Å². The highest BCUT2D eigenvalue weighted by molar-refractivity contribution is 7.89. The summed E-state index contributed by atoms with van der Waals surface area (Å²) < 4.78 is 40.5. The van der Waals surface area contributed by atoms with E-state index in [2.05, 4.69) is 0 Å². The first-order valence-electron chi connectivity index (χ1n) is 6.81. The predicted octanol–water partition coefficient (Wildman–Crippen LogP) is 2.88. The molecule has 0 aliphatic carbocycles. The molecule has 0 N–H and O–H groups in total. The third kappa shape index (κ3) is 2.59. The number of hydrogen-bond donors (Lipinski definition) is 0. The standard InChI is InChI=1S/C16H16FNO2S/c1-12-5-7-14(8-6-12)21(19,20)18-10-9-13-3-2-4-16(17)15(13)11-18/h2-8H,9-11H2,1H3. The van der Waals surface area contributed by atoms with Crippen LogP contribution in [-0.2, 0) is 23.0 Å². The van der Waals surface area contributed by atoms with Gasteiger partial charge in [-0.15, -0.1) is 0 Å². The summed E-state index contributed by atoms with van der Waals surface area (Å²) in [4.78, 5) is 0.257. The molecule has 1 aliphatic rings. The number of fused-ring (bicyclic) bond motifs is 1. The lowest BCUT2D eigenvalue weighted by molar-refractivity contribution is 0.381. The maximum atomic E-state index is 13.9. The summed E-state index contributed by atoms with van der Waals surface area (Å²) in [7, 11) is -3.57. The van der Waals surface area contributed by atoms with Crippen LogP contribution in [0, 0.1) is 12.7 Å². The van der Waals surface area contributed by atoms with Crippen molar-refractivity contribution in [3.63, 3.8) is 0 Å². The topological polar surface area (TPSA) is 37.4 Å². The molecule has 0 spiro atoms. The van der Waals surface area contributed by atoms with Gasteiger partial charge in [0.25, 0.3) is 0 Å². The summed E-state index contributed by atoms with van der Waals surface area (Å²) in [5.74, 6) is -0.337. The Morgan fingerprint density at radius 3 is 2.52 bits per heavy atom. The minimum absolute atomic E-state index is 0.0955. The van der Waals surface area contributed by atoms with Crippen molar-refractivity contribution >= 4 is 10.0 Å². The second kappa shape index (κ2) is 5.24. The first-order valence-corrected chi connectivity index (χ1v) is 8.25. The van der Waals surface area contributed by atoms with Crippen LogP contribution in [0.3, 0.4) is 0 Å². The Balaban J connectivity index is 1.95. The molecule has 1 aliphatic heterocycles. The van der Waals surface area contributed by atoms with Gasteiger partial charge in [-0.3, -0.25) is 0 Å². The summed E-state index contributed by atoms with van der Waals surface area (Å²) in [6.45, 7) is 2.38. The average molecular weight is 305 g/mol. The van der Waals surface area contributed by atoms with Gasteiger partial charge < -0.3 is 0 Å². The molecule has 0 saturated carbocycles. The zero-order chi connectivity index (χ0) is 15.0. The molecule has 3 nitrogen and oxygen atoms in total. The average Bonchev–Trinajstić information content (AvgIpc) is 2.48. The summed E-state index contributed by atoms with van der Waals surface area (Å²) in [6, 6.07) is 11.6. The highest BCUT2D eigenvalue weighted by Crippen LogP contribution is 2.26. The van der Waals surface area contributed by atoms with Crippen LogP contribution in [0.1, 0.15) is 16.7 Å².